The van der Waals surface area contributed by atoms with Crippen LogP contribution in [0.3, 0.4) is 0 Å². The van der Waals surface area contributed by atoms with E-state index < -0.39 is 17.8 Å². The summed E-state index contributed by atoms with van der Waals surface area (Å²) in [5, 5.41) is 10.7. The van der Waals surface area contributed by atoms with Gasteiger partial charge in [-0.2, -0.15) is 23.4 Å². The molecule has 0 unspecified atom stereocenters. The van der Waals surface area contributed by atoms with Gasteiger partial charge >= 0.3 is 6.18 Å². The molecule has 32 heavy (non-hydrogen) atoms. The zero-order valence-electron chi connectivity index (χ0n) is 17.7. The molecule has 4 rings (SSSR count). The molecule has 3 heterocycles. The zero-order chi connectivity index (χ0) is 23.2. The van der Waals surface area contributed by atoms with Crippen molar-refractivity contribution in [1.82, 2.24) is 24.4 Å². The number of anilines is 1. The number of aromatic nitrogens is 5. The third kappa shape index (κ3) is 3.66. The molecule has 0 radical (unpaired) electrons. The highest BCUT2D eigenvalue weighted by molar-refractivity contribution is 6.08. The molecule has 0 saturated carbocycles. The summed E-state index contributed by atoms with van der Waals surface area (Å²) in [6, 6.07) is 7.32. The Morgan fingerprint density at radius 2 is 1.84 bits per heavy atom. The van der Waals surface area contributed by atoms with E-state index >= 15 is 0 Å². The van der Waals surface area contributed by atoms with Crippen LogP contribution in [0.1, 0.15) is 27.4 Å². The minimum atomic E-state index is -4.71. The Morgan fingerprint density at radius 1 is 1.16 bits per heavy atom. The lowest BCUT2D eigenvalue weighted by molar-refractivity contribution is -0.142. The van der Waals surface area contributed by atoms with E-state index in [-0.39, 0.29) is 16.9 Å². The van der Waals surface area contributed by atoms with Gasteiger partial charge in [0, 0.05) is 12.6 Å². The smallest absolute Gasteiger partial charge is 0.433 e. The summed E-state index contributed by atoms with van der Waals surface area (Å²) in [7, 11) is 3.22. The van der Waals surface area contributed by atoms with E-state index in [1.807, 2.05) is 0 Å². The van der Waals surface area contributed by atoms with Crippen molar-refractivity contribution in [3.63, 3.8) is 0 Å². The predicted octanol–water partition coefficient (Wildman–Crippen LogP) is 4.03. The van der Waals surface area contributed by atoms with Gasteiger partial charge in [0.25, 0.3) is 5.91 Å². The van der Waals surface area contributed by atoms with Crippen LogP contribution in [0.25, 0.3) is 16.9 Å². The Balaban J connectivity index is 1.84. The lowest BCUT2D eigenvalue weighted by Gasteiger charge is -2.12. The van der Waals surface area contributed by atoms with Gasteiger partial charge in [0.1, 0.15) is 11.3 Å². The van der Waals surface area contributed by atoms with Crippen molar-refractivity contribution in [2.24, 2.45) is 7.05 Å². The third-order valence-corrected chi connectivity index (χ3v) is 5.14. The number of rotatable bonds is 4. The Hall–Kier alpha value is -3.89. The first-order valence-corrected chi connectivity index (χ1v) is 9.52. The minimum Gasteiger partial charge on any atom is -0.497 e. The number of nitrogens with one attached hydrogen (secondary N) is 1. The molecule has 0 fully saturated rings. The van der Waals surface area contributed by atoms with Crippen molar-refractivity contribution >= 4 is 17.2 Å². The Bertz CT molecular complexity index is 1320. The van der Waals surface area contributed by atoms with Gasteiger partial charge in [-0.25, -0.2) is 9.50 Å². The molecule has 0 bridgehead atoms. The summed E-state index contributed by atoms with van der Waals surface area (Å²) in [6.45, 7) is 3.49. The van der Waals surface area contributed by atoms with Crippen LogP contribution < -0.4 is 10.1 Å². The van der Waals surface area contributed by atoms with E-state index in [1.54, 1.807) is 49.8 Å². The number of ether oxygens (including phenoxy) is 1. The highest BCUT2D eigenvalue weighted by Crippen LogP contribution is 2.33. The number of aryl methyl sites for hydroxylation is 2. The SMILES string of the molecule is COc1ccc(-c2cc(C(F)(F)F)n3ncc(C(=O)Nc4c(C)nn(C)c4C)c3n2)cc1. The number of methoxy groups -OCH3 is 1. The van der Waals surface area contributed by atoms with Crippen molar-refractivity contribution in [3.8, 4) is 17.0 Å². The maximum atomic E-state index is 13.8. The van der Waals surface area contributed by atoms with Crippen LogP contribution in [-0.4, -0.2) is 37.4 Å². The fraction of sp³-hybridized carbons (Fsp3) is 0.238. The quantitative estimate of drug-likeness (QED) is 0.514. The molecular weight excluding hydrogens is 425 g/mol. The first kappa shape index (κ1) is 21.3. The van der Waals surface area contributed by atoms with Gasteiger partial charge in [0.15, 0.2) is 11.3 Å². The second kappa shape index (κ2) is 7.66. The van der Waals surface area contributed by atoms with Crippen molar-refractivity contribution in [3.05, 3.63) is 59.2 Å². The third-order valence-electron chi connectivity index (χ3n) is 5.14. The summed E-state index contributed by atoms with van der Waals surface area (Å²) in [5.41, 5.74) is 0.921. The monoisotopic (exact) mass is 444 g/mol. The van der Waals surface area contributed by atoms with E-state index in [9.17, 15) is 18.0 Å². The number of carbonyl (C=O) groups is 1. The summed E-state index contributed by atoms with van der Waals surface area (Å²) < 4.78 is 48.7. The van der Waals surface area contributed by atoms with Crippen LogP contribution in [0.15, 0.2) is 36.5 Å². The number of halogens is 3. The summed E-state index contributed by atoms with van der Waals surface area (Å²) in [6.07, 6.45) is -3.63. The molecule has 0 aliphatic heterocycles. The predicted molar refractivity (Wildman–Crippen MR) is 111 cm³/mol. The number of hydrogen-bond acceptors (Lipinski definition) is 5. The van der Waals surface area contributed by atoms with Crippen LogP contribution in [0.5, 0.6) is 5.75 Å². The molecule has 1 aromatic carbocycles. The Labute approximate surface area is 180 Å². The molecule has 0 atom stereocenters. The number of nitrogens with zero attached hydrogens (tertiary/aromatic N) is 5. The topological polar surface area (TPSA) is 86.3 Å². The van der Waals surface area contributed by atoms with Crippen LogP contribution in [0, 0.1) is 13.8 Å². The maximum absolute atomic E-state index is 13.8. The van der Waals surface area contributed by atoms with Crippen molar-refractivity contribution in [2.45, 2.75) is 20.0 Å². The minimum absolute atomic E-state index is 0.0516. The highest BCUT2D eigenvalue weighted by Gasteiger charge is 2.36. The fourth-order valence-corrected chi connectivity index (χ4v) is 3.37. The summed E-state index contributed by atoms with van der Waals surface area (Å²) >= 11 is 0. The van der Waals surface area contributed by atoms with E-state index in [0.717, 1.165) is 12.3 Å². The van der Waals surface area contributed by atoms with Crippen LogP contribution in [0.2, 0.25) is 0 Å². The van der Waals surface area contributed by atoms with E-state index in [4.69, 9.17) is 4.74 Å². The van der Waals surface area contributed by atoms with Crippen LogP contribution in [-0.2, 0) is 13.2 Å². The van der Waals surface area contributed by atoms with Gasteiger partial charge < -0.3 is 10.1 Å². The van der Waals surface area contributed by atoms with Gasteiger partial charge in [0.05, 0.1) is 36.1 Å². The van der Waals surface area contributed by atoms with Gasteiger partial charge in [0.2, 0.25) is 0 Å². The Kier molecular flexibility index (Phi) is 5.11. The molecule has 3 aromatic heterocycles. The number of benzene rings is 1. The molecule has 11 heteroatoms. The standard InChI is InChI=1S/C21H19F3N6O2/c1-11-18(12(2)29(3)28-11)27-20(31)15-10-25-30-17(21(22,23)24)9-16(26-19(15)30)13-5-7-14(32-4)8-6-13/h5-10H,1-4H3,(H,27,31). The van der Waals surface area contributed by atoms with Crippen molar-refractivity contribution < 1.29 is 22.7 Å². The molecule has 1 amide bonds. The average Bonchev–Trinajstić information content (AvgIpc) is 3.28. The second-order valence-corrected chi connectivity index (χ2v) is 7.17. The van der Waals surface area contributed by atoms with Gasteiger partial charge in [-0.3, -0.25) is 9.48 Å². The molecule has 0 saturated heterocycles. The number of amides is 1. The number of alkyl halides is 3. The molecule has 0 aliphatic carbocycles. The fourth-order valence-electron chi connectivity index (χ4n) is 3.37. The first-order chi connectivity index (χ1) is 15.1. The van der Waals surface area contributed by atoms with E-state index in [0.29, 0.717) is 32.9 Å². The number of hydrogen-bond donors (Lipinski definition) is 1. The maximum Gasteiger partial charge on any atom is 0.433 e. The van der Waals surface area contributed by atoms with Gasteiger partial charge in [-0.1, -0.05) is 0 Å². The van der Waals surface area contributed by atoms with Crippen LogP contribution in [0.4, 0.5) is 18.9 Å². The average molecular weight is 444 g/mol. The molecule has 0 aliphatic rings. The lowest BCUT2D eigenvalue weighted by atomic mass is 10.1. The summed E-state index contributed by atoms with van der Waals surface area (Å²) in [4.78, 5) is 17.3. The van der Waals surface area contributed by atoms with Crippen molar-refractivity contribution in [1.29, 1.82) is 0 Å². The number of carbonyl (C=O) groups excluding carboxylic acids is 1. The largest absolute Gasteiger partial charge is 0.497 e. The molecule has 0 spiro atoms. The number of fused-ring (bicyclic) bond motifs is 1. The van der Waals surface area contributed by atoms with Gasteiger partial charge in [-0.15, -0.1) is 0 Å². The molecule has 4 aromatic rings. The van der Waals surface area contributed by atoms with Gasteiger partial charge in [-0.05, 0) is 44.2 Å². The van der Waals surface area contributed by atoms with E-state index in [2.05, 4.69) is 20.5 Å². The molecule has 166 valence electrons. The van der Waals surface area contributed by atoms with E-state index in [1.165, 1.54) is 7.11 Å². The molecular formula is C21H19F3N6O2. The molecule has 1 N–H and O–H groups in total. The lowest BCUT2D eigenvalue weighted by Crippen LogP contribution is -2.16. The second-order valence-electron chi connectivity index (χ2n) is 7.17. The van der Waals surface area contributed by atoms with Crippen LogP contribution >= 0.6 is 0 Å². The normalized spacial score (nSPS) is 11.7. The first-order valence-electron chi connectivity index (χ1n) is 9.52. The molecule has 8 nitrogen and oxygen atoms in total. The zero-order valence-corrected chi connectivity index (χ0v) is 17.7. The Morgan fingerprint density at radius 3 is 2.41 bits per heavy atom. The summed E-state index contributed by atoms with van der Waals surface area (Å²) in [5.74, 6) is -0.0794. The van der Waals surface area contributed by atoms with Crippen molar-refractivity contribution in [2.75, 3.05) is 12.4 Å². The highest BCUT2D eigenvalue weighted by atomic mass is 19.4.